The Morgan fingerprint density at radius 2 is 2.00 bits per heavy atom. The third-order valence-corrected chi connectivity index (χ3v) is 4.21. The van der Waals surface area contributed by atoms with E-state index in [1.807, 2.05) is 31.2 Å². The molecule has 7 nitrogen and oxygen atoms in total. The predicted molar refractivity (Wildman–Crippen MR) is 94.5 cm³/mol. The summed E-state index contributed by atoms with van der Waals surface area (Å²) in [4.78, 5) is 30.4. The third kappa shape index (κ3) is 3.56. The van der Waals surface area contributed by atoms with Crippen molar-refractivity contribution in [1.29, 1.82) is 0 Å². The number of aromatic nitrogens is 2. The summed E-state index contributed by atoms with van der Waals surface area (Å²) in [6, 6.07) is 9.40. The Labute approximate surface area is 150 Å². The van der Waals surface area contributed by atoms with Gasteiger partial charge in [0.25, 0.3) is 11.6 Å². The summed E-state index contributed by atoms with van der Waals surface area (Å²) in [7, 11) is 1.30. The molecular weight excluding hydrogens is 334 g/mol. The van der Waals surface area contributed by atoms with Crippen molar-refractivity contribution in [2.45, 2.75) is 20.4 Å². The molecular formula is C19H19N3O4. The van der Waals surface area contributed by atoms with Crippen molar-refractivity contribution < 1.29 is 18.8 Å². The highest BCUT2D eigenvalue weighted by atomic mass is 16.5. The van der Waals surface area contributed by atoms with Gasteiger partial charge in [-0.2, -0.15) is 0 Å². The maximum Gasteiger partial charge on any atom is 0.325 e. The Bertz CT molecular complexity index is 964. The first-order valence-corrected chi connectivity index (χ1v) is 8.12. The molecule has 1 amide bonds. The van der Waals surface area contributed by atoms with E-state index in [4.69, 9.17) is 9.26 Å². The van der Waals surface area contributed by atoms with Crippen LogP contribution in [0.2, 0.25) is 0 Å². The van der Waals surface area contributed by atoms with Crippen LogP contribution in [-0.4, -0.2) is 40.6 Å². The van der Waals surface area contributed by atoms with Crippen molar-refractivity contribution in [2.24, 2.45) is 0 Å². The van der Waals surface area contributed by atoms with Crippen LogP contribution in [0.4, 0.5) is 0 Å². The molecule has 0 unspecified atom stereocenters. The highest BCUT2D eigenvalue weighted by Crippen LogP contribution is 2.19. The fraction of sp³-hybridized carbons (Fsp3) is 0.263. The summed E-state index contributed by atoms with van der Waals surface area (Å²) in [6.07, 6.45) is 1.43. The van der Waals surface area contributed by atoms with Gasteiger partial charge >= 0.3 is 5.97 Å². The zero-order valence-corrected chi connectivity index (χ0v) is 14.9. The molecule has 0 bridgehead atoms. The molecule has 134 valence electrons. The number of ether oxygens (including phenoxy) is 1. The average molecular weight is 353 g/mol. The number of hydrogen-bond acceptors (Lipinski definition) is 6. The number of methoxy groups -OCH3 is 1. The van der Waals surface area contributed by atoms with Crippen molar-refractivity contribution in [1.82, 2.24) is 15.0 Å². The first-order chi connectivity index (χ1) is 12.5. The summed E-state index contributed by atoms with van der Waals surface area (Å²) >= 11 is 0. The number of aryl methyl sites for hydroxylation is 2. The normalized spacial score (nSPS) is 10.7. The smallest absolute Gasteiger partial charge is 0.325 e. The highest BCUT2D eigenvalue weighted by Gasteiger charge is 2.22. The molecule has 2 aromatic heterocycles. The van der Waals surface area contributed by atoms with Gasteiger partial charge in [-0.25, -0.2) is 4.98 Å². The quantitative estimate of drug-likeness (QED) is 0.656. The molecule has 1 aromatic carbocycles. The van der Waals surface area contributed by atoms with E-state index in [0.717, 1.165) is 11.1 Å². The molecule has 0 aliphatic heterocycles. The van der Waals surface area contributed by atoms with E-state index in [2.05, 4.69) is 10.1 Å². The highest BCUT2D eigenvalue weighted by molar-refractivity contribution is 5.98. The number of rotatable bonds is 5. The number of amides is 1. The van der Waals surface area contributed by atoms with Gasteiger partial charge in [0.2, 0.25) is 0 Å². The molecule has 0 atom stereocenters. The second-order valence-corrected chi connectivity index (χ2v) is 6.01. The van der Waals surface area contributed by atoms with Crippen LogP contribution in [0.5, 0.6) is 0 Å². The van der Waals surface area contributed by atoms with Crippen molar-refractivity contribution in [3.63, 3.8) is 0 Å². The number of carbonyl (C=O) groups excluding carboxylic acids is 2. The maximum atomic E-state index is 13.0. The van der Waals surface area contributed by atoms with E-state index in [-0.39, 0.29) is 12.5 Å². The molecule has 0 aliphatic rings. The van der Waals surface area contributed by atoms with Crippen LogP contribution in [-0.2, 0) is 16.1 Å². The Morgan fingerprint density at radius 1 is 1.23 bits per heavy atom. The first-order valence-electron chi connectivity index (χ1n) is 8.12. The van der Waals surface area contributed by atoms with Gasteiger partial charge < -0.3 is 14.2 Å². The molecule has 2 heterocycles. The van der Waals surface area contributed by atoms with Gasteiger partial charge in [0, 0.05) is 12.7 Å². The van der Waals surface area contributed by atoms with Crippen LogP contribution < -0.4 is 0 Å². The molecule has 0 spiro atoms. The number of pyridine rings is 1. The number of nitrogens with zero attached hydrogens (tertiary/aromatic N) is 3. The minimum Gasteiger partial charge on any atom is -0.468 e. The lowest BCUT2D eigenvalue weighted by molar-refractivity contribution is -0.141. The van der Waals surface area contributed by atoms with Crippen LogP contribution in [0.3, 0.4) is 0 Å². The van der Waals surface area contributed by atoms with Gasteiger partial charge in [-0.3, -0.25) is 9.59 Å². The summed E-state index contributed by atoms with van der Waals surface area (Å²) < 4.78 is 9.82. The Kier molecular flexibility index (Phi) is 4.97. The lowest BCUT2D eigenvalue weighted by Crippen LogP contribution is -2.36. The lowest BCUT2D eigenvalue weighted by Gasteiger charge is -2.22. The summed E-state index contributed by atoms with van der Waals surface area (Å²) in [5.74, 6) is -0.796. The molecule has 0 radical (unpaired) electrons. The van der Waals surface area contributed by atoms with Crippen LogP contribution >= 0.6 is 0 Å². The van der Waals surface area contributed by atoms with Gasteiger partial charge in [0.15, 0.2) is 0 Å². The molecule has 0 N–H and O–H groups in total. The van der Waals surface area contributed by atoms with Gasteiger partial charge in [0.1, 0.15) is 6.54 Å². The zero-order valence-electron chi connectivity index (χ0n) is 14.9. The second-order valence-electron chi connectivity index (χ2n) is 6.01. The van der Waals surface area contributed by atoms with E-state index in [1.54, 1.807) is 13.0 Å². The topological polar surface area (TPSA) is 85.5 Å². The molecule has 3 aromatic rings. The van der Waals surface area contributed by atoms with E-state index < -0.39 is 5.97 Å². The molecule has 0 saturated carbocycles. The summed E-state index contributed by atoms with van der Waals surface area (Å²) in [5.41, 5.74) is 3.39. The third-order valence-electron chi connectivity index (χ3n) is 4.21. The minimum absolute atomic E-state index is 0.148. The molecule has 26 heavy (non-hydrogen) atoms. The number of fused-ring (bicyclic) bond motifs is 1. The number of benzene rings is 1. The standard InChI is InChI=1S/C19H19N3O4/c1-12-6-4-5-7-14(12)10-22(11-17(23)25-3)19(24)15-8-16-13(2)21-26-18(16)20-9-15/h4-9H,10-11H2,1-3H3. The van der Waals surface area contributed by atoms with Gasteiger partial charge in [-0.1, -0.05) is 29.4 Å². The van der Waals surface area contributed by atoms with Crippen LogP contribution in [0.1, 0.15) is 27.2 Å². The largest absolute Gasteiger partial charge is 0.468 e. The van der Waals surface area contributed by atoms with Gasteiger partial charge in [0.05, 0.1) is 23.8 Å². The van der Waals surface area contributed by atoms with Crippen LogP contribution in [0.15, 0.2) is 41.1 Å². The number of carbonyl (C=O) groups is 2. The van der Waals surface area contributed by atoms with E-state index in [0.29, 0.717) is 28.9 Å². The maximum absolute atomic E-state index is 13.0. The predicted octanol–water partition coefficient (Wildman–Crippen LogP) is 2.66. The Balaban J connectivity index is 1.93. The molecule has 0 fully saturated rings. The van der Waals surface area contributed by atoms with E-state index >= 15 is 0 Å². The van der Waals surface area contributed by atoms with Crippen molar-refractivity contribution in [3.8, 4) is 0 Å². The second kappa shape index (κ2) is 7.35. The monoisotopic (exact) mass is 353 g/mol. The summed E-state index contributed by atoms with van der Waals surface area (Å²) in [5, 5.41) is 4.52. The van der Waals surface area contributed by atoms with Crippen molar-refractivity contribution >= 4 is 23.0 Å². The van der Waals surface area contributed by atoms with Crippen LogP contribution in [0.25, 0.3) is 11.1 Å². The Hall–Kier alpha value is -3.22. The zero-order chi connectivity index (χ0) is 18.7. The average Bonchev–Trinajstić information content (AvgIpc) is 3.02. The summed E-state index contributed by atoms with van der Waals surface area (Å²) in [6.45, 7) is 3.89. The number of esters is 1. The van der Waals surface area contributed by atoms with Crippen LogP contribution in [0, 0.1) is 13.8 Å². The van der Waals surface area contributed by atoms with E-state index in [9.17, 15) is 9.59 Å². The molecule has 7 heteroatoms. The lowest BCUT2D eigenvalue weighted by atomic mass is 10.1. The van der Waals surface area contributed by atoms with Crippen molar-refractivity contribution in [3.05, 3.63) is 58.9 Å². The van der Waals surface area contributed by atoms with Gasteiger partial charge in [-0.15, -0.1) is 0 Å². The van der Waals surface area contributed by atoms with Crippen molar-refractivity contribution in [2.75, 3.05) is 13.7 Å². The fourth-order valence-corrected chi connectivity index (χ4v) is 2.66. The molecule has 3 rings (SSSR count). The molecule has 0 saturated heterocycles. The van der Waals surface area contributed by atoms with E-state index in [1.165, 1.54) is 18.2 Å². The fourth-order valence-electron chi connectivity index (χ4n) is 2.66. The Morgan fingerprint density at radius 3 is 2.73 bits per heavy atom. The SMILES string of the molecule is COC(=O)CN(Cc1ccccc1C)C(=O)c1cnc2onc(C)c2c1. The van der Waals surface area contributed by atoms with Gasteiger partial charge in [-0.05, 0) is 31.0 Å². The molecule has 0 aliphatic carbocycles. The minimum atomic E-state index is -0.484. The first kappa shape index (κ1) is 17.6. The number of hydrogen-bond donors (Lipinski definition) is 0.